The van der Waals surface area contributed by atoms with Crippen molar-refractivity contribution < 1.29 is 38.7 Å². The average molecular weight is 540 g/mol. The smallest absolute Gasteiger partial charge is 0.260 e. The van der Waals surface area contributed by atoms with Crippen LogP contribution in [-0.4, -0.2) is 87.4 Å². The molecule has 2 aromatic carbocycles. The van der Waals surface area contributed by atoms with E-state index in [1.54, 1.807) is 4.90 Å². The highest BCUT2D eigenvalue weighted by molar-refractivity contribution is 5.85. The summed E-state index contributed by atoms with van der Waals surface area (Å²) in [6.07, 6.45) is -5.69. The van der Waals surface area contributed by atoms with Gasteiger partial charge in [0.05, 0.1) is 6.61 Å². The minimum absolute atomic E-state index is 0.366. The van der Waals surface area contributed by atoms with E-state index in [1.807, 2.05) is 25.1 Å². The SMILES string of the molecule is Cc1ccc2c(c1)C1(CCN(C(=O)C3CC3(F)F)CC1)c1cc(C#C[C@H]3O[C@H](CO)[C@@H](O)[C@H](O)[C@@H]3O)ccc1-2. The maximum atomic E-state index is 13.6. The Morgan fingerprint density at radius 1 is 1.03 bits per heavy atom. The van der Waals surface area contributed by atoms with Crippen LogP contribution in [0.15, 0.2) is 36.4 Å². The Bertz CT molecular complexity index is 1370. The van der Waals surface area contributed by atoms with Crippen LogP contribution in [0.1, 0.15) is 41.5 Å². The largest absolute Gasteiger partial charge is 0.394 e. The second kappa shape index (κ2) is 9.36. The van der Waals surface area contributed by atoms with Gasteiger partial charge >= 0.3 is 0 Å². The molecule has 4 aliphatic rings. The van der Waals surface area contributed by atoms with Gasteiger partial charge in [0.25, 0.3) is 5.92 Å². The summed E-state index contributed by atoms with van der Waals surface area (Å²) in [4.78, 5) is 14.3. The third-order valence-corrected chi connectivity index (χ3v) is 8.82. The molecule has 6 atom stereocenters. The second-order valence-electron chi connectivity index (χ2n) is 11.3. The lowest BCUT2D eigenvalue weighted by Crippen LogP contribution is -2.58. The first-order chi connectivity index (χ1) is 18.6. The number of benzene rings is 2. The van der Waals surface area contributed by atoms with E-state index in [1.165, 1.54) is 5.56 Å². The number of hydrogen-bond acceptors (Lipinski definition) is 6. The van der Waals surface area contributed by atoms with Gasteiger partial charge in [0.15, 0.2) is 0 Å². The normalized spacial score (nSPS) is 31.7. The lowest BCUT2D eigenvalue weighted by Gasteiger charge is -2.41. The molecule has 0 bridgehead atoms. The highest BCUT2D eigenvalue weighted by Crippen LogP contribution is 2.55. The molecule has 2 aliphatic heterocycles. The molecule has 1 amide bonds. The second-order valence-corrected chi connectivity index (χ2v) is 11.3. The molecule has 0 aromatic heterocycles. The van der Waals surface area contributed by atoms with Gasteiger partial charge in [0.2, 0.25) is 5.91 Å². The Hall–Kier alpha value is -2.87. The van der Waals surface area contributed by atoms with Gasteiger partial charge in [-0.05, 0) is 54.2 Å². The fourth-order valence-corrected chi connectivity index (χ4v) is 6.41. The van der Waals surface area contributed by atoms with Gasteiger partial charge in [0.1, 0.15) is 36.4 Å². The summed E-state index contributed by atoms with van der Waals surface area (Å²) in [5.74, 6) is 1.31. The number of carbonyl (C=O) groups excluding carboxylic acids is 1. The number of rotatable bonds is 2. The molecule has 2 aromatic rings. The minimum atomic E-state index is -2.88. The number of alkyl halides is 2. The molecule has 2 aliphatic carbocycles. The molecular formula is C30H31F2NO6. The molecule has 4 N–H and O–H groups in total. The third-order valence-electron chi connectivity index (χ3n) is 8.82. The van der Waals surface area contributed by atoms with E-state index in [2.05, 4.69) is 30.0 Å². The van der Waals surface area contributed by atoms with Crippen molar-refractivity contribution in [1.29, 1.82) is 0 Å². The fraction of sp³-hybridized carbons (Fsp3) is 0.500. The zero-order valence-corrected chi connectivity index (χ0v) is 21.5. The van der Waals surface area contributed by atoms with Crippen molar-refractivity contribution in [2.45, 2.75) is 68.0 Å². The molecule has 2 heterocycles. The number of piperidine rings is 1. The number of aryl methyl sites for hydroxylation is 1. The predicted octanol–water partition coefficient (Wildman–Crippen LogP) is 1.73. The zero-order valence-electron chi connectivity index (χ0n) is 21.5. The van der Waals surface area contributed by atoms with Crippen LogP contribution in [0.4, 0.5) is 8.78 Å². The van der Waals surface area contributed by atoms with Crippen LogP contribution in [0.25, 0.3) is 11.1 Å². The summed E-state index contributed by atoms with van der Waals surface area (Å²) in [6.45, 7) is 2.28. The monoisotopic (exact) mass is 539 g/mol. The van der Waals surface area contributed by atoms with Crippen molar-refractivity contribution in [3.63, 3.8) is 0 Å². The molecule has 7 nitrogen and oxygen atoms in total. The molecule has 1 saturated carbocycles. The summed E-state index contributed by atoms with van der Waals surface area (Å²) in [6, 6.07) is 12.2. The molecule has 1 spiro atoms. The summed E-state index contributed by atoms with van der Waals surface area (Å²) in [5, 5.41) is 39.9. The number of amides is 1. The predicted molar refractivity (Wildman–Crippen MR) is 137 cm³/mol. The van der Waals surface area contributed by atoms with Crippen molar-refractivity contribution in [3.8, 4) is 23.0 Å². The van der Waals surface area contributed by atoms with Crippen LogP contribution in [0, 0.1) is 24.7 Å². The van der Waals surface area contributed by atoms with Gasteiger partial charge in [-0.15, -0.1) is 0 Å². The van der Waals surface area contributed by atoms with Crippen LogP contribution in [0.5, 0.6) is 0 Å². The molecule has 0 radical (unpaired) electrons. The van der Waals surface area contributed by atoms with Crippen molar-refractivity contribution in [1.82, 2.24) is 4.90 Å². The average Bonchev–Trinajstić information content (AvgIpc) is 3.50. The Morgan fingerprint density at radius 2 is 1.67 bits per heavy atom. The first kappa shape index (κ1) is 26.4. The first-order valence-corrected chi connectivity index (χ1v) is 13.3. The van der Waals surface area contributed by atoms with Crippen LogP contribution in [0.3, 0.4) is 0 Å². The maximum Gasteiger partial charge on any atom is 0.260 e. The molecule has 1 unspecified atom stereocenters. The zero-order chi connectivity index (χ0) is 27.7. The molecular weight excluding hydrogens is 508 g/mol. The van der Waals surface area contributed by atoms with E-state index in [0.717, 1.165) is 22.3 Å². The van der Waals surface area contributed by atoms with Crippen LogP contribution in [0.2, 0.25) is 0 Å². The van der Waals surface area contributed by atoms with E-state index in [-0.39, 0.29) is 11.8 Å². The topological polar surface area (TPSA) is 110 Å². The van der Waals surface area contributed by atoms with Crippen LogP contribution in [-0.2, 0) is 14.9 Å². The Labute approximate surface area is 225 Å². The number of aliphatic hydroxyl groups excluding tert-OH is 4. The van der Waals surface area contributed by atoms with Gasteiger partial charge in [-0.3, -0.25) is 4.79 Å². The van der Waals surface area contributed by atoms with Crippen molar-refractivity contribution >= 4 is 5.91 Å². The number of fused-ring (bicyclic) bond motifs is 5. The van der Waals surface area contributed by atoms with E-state index < -0.39 is 54.9 Å². The van der Waals surface area contributed by atoms with Crippen LogP contribution < -0.4 is 0 Å². The summed E-state index contributed by atoms with van der Waals surface area (Å²) in [7, 11) is 0. The maximum absolute atomic E-state index is 13.6. The van der Waals surface area contributed by atoms with Crippen LogP contribution >= 0.6 is 0 Å². The molecule has 3 fully saturated rings. The fourth-order valence-electron chi connectivity index (χ4n) is 6.41. The van der Waals surface area contributed by atoms with E-state index >= 15 is 0 Å². The van der Waals surface area contributed by atoms with Crippen molar-refractivity contribution in [2.24, 2.45) is 5.92 Å². The first-order valence-electron chi connectivity index (χ1n) is 13.3. The van der Waals surface area contributed by atoms with E-state index in [0.29, 0.717) is 31.5 Å². The summed E-state index contributed by atoms with van der Waals surface area (Å²) < 4.78 is 32.7. The minimum Gasteiger partial charge on any atom is -0.394 e. The number of carbonyl (C=O) groups is 1. The molecule has 6 rings (SSSR count). The molecule has 206 valence electrons. The summed E-state index contributed by atoms with van der Waals surface area (Å²) in [5.41, 5.74) is 5.79. The van der Waals surface area contributed by atoms with Crippen molar-refractivity contribution in [3.05, 3.63) is 58.7 Å². The Balaban J connectivity index is 1.31. The van der Waals surface area contributed by atoms with Gasteiger partial charge in [-0.2, -0.15) is 0 Å². The lowest BCUT2D eigenvalue weighted by molar-refractivity contribution is -0.214. The van der Waals surface area contributed by atoms with Gasteiger partial charge in [0, 0.05) is 30.5 Å². The van der Waals surface area contributed by atoms with Gasteiger partial charge in [-0.25, -0.2) is 8.78 Å². The lowest BCUT2D eigenvalue weighted by atomic mass is 9.70. The van der Waals surface area contributed by atoms with Gasteiger partial charge < -0.3 is 30.1 Å². The highest BCUT2D eigenvalue weighted by Gasteiger charge is 2.62. The standard InChI is InChI=1S/C30H31F2NO6/c1-16-2-5-18-19-6-3-17(4-7-23-25(35)27(37)26(36)24(15-34)39-23)13-21(19)29(20(18)12-16)8-10-33(11-9-29)28(38)22-14-30(22,31)32/h2-3,5-6,12-13,22-27,34-37H,8-11,14-15H2,1H3/t22?,23-,24-,25-,26-,27-/m1/s1. The number of nitrogens with zero attached hydrogens (tertiary/aromatic N) is 1. The van der Waals surface area contributed by atoms with Gasteiger partial charge in [-0.1, -0.05) is 41.7 Å². The Kier molecular flexibility index (Phi) is 6.32. The van der Waals surface area contributed by atoms with Crippen molar-refractivity contribution in [2.75, 3.05) is 19.7 Å². The van der Waals surface area contributed by atoms with E-state index in [9.17, 15) is 34.0 Å². The number of halogens is 2. The van der Waals surface area contributed by atoms with E-state index in [4.69, 9.17) is 4.74 Å². The molecule has 39 heavy (non-hydrogen) atoms. The molecule has 2 saturated heterocycles. The molecule has 9 heteroatoms. The number of hydrogen-bond donors (Lipinski definition) is 4. The Morgan fingerprint density at radius 3 is 2.31 bits per heavy atom. The third kappa shape index (κ3) is 4.26. The summed E-state index contributed by atoms with van der Waals surface area (Å²) >= 11 is 0. The quantitative estimate of drug-likeness (QED) is 0.433. The number of ether oxygens (including phenoxy) is 1. The number of aliphatic hydroxyl groups is 4. The highest BCUT2D eigenvalue weighted by atomic mass is 19.3. The number of likely N-dealkylation sites (tertiary alicyclic amines) is 1.